The van der Waals surface area contributed by atoms with E-state index in [-0.39, 0.29) is 23.7 Å². The van der Waals surface area contributed by atoms with Gasteiger partial charge in [-0.1, -0.05) is 48.0 Å². The smallest absolute Gasteiger partial charge is 0.284 e. The maximum absolute atomic E-state index is 13.2. The molecule has 33 heavy (non-hydrogen) atoms. The van der Waals surface area contributed by atoms with Crippen LogP contribution in [0.1, 0.15) is 5.56 Å². The summed E-state index contributed by atoms with van der Waals surface area (Å²) in [6.07, 6.45) is 1.35. The number of aromatic nitrogens is 3. The summed E-state index contributed by atoms with van der Waals surface area (Å²) >= 11 is 1.39. The molecular weight excluding hydrogens is 438 g/mol. The molecule has 9 heteroatoms. The highest BCUT2D eigenvalue weighted by atomic mass is 32.1. The summed E-state index contributed by atoms with van der Waals surface area (Å²) in [7, 11) is 1.70. The van der Waals surface area contributed by atoms with Gasteiger partial charge in [-0.2, -0.15) is 0 Å². The van der Waals surface area contributed by atoms with Gasteiger partial charge in [0.25, 0.3) is 11.5 Å². The molecule has 0 saturated carbocycles. The minimum absolute atomic E-state index is 0.0889. The van der Waals surface area contributed by atoms with Crippen molar-refractivity contribution >= 4 is 44.1 Å². The van der Waals surface area contributed by atoms with Crippen molar-refractivity contribution in [1.29, 1.82) is 0 Å². The molecule has 5 rings (SSSR count). The lowest BCUT2D eigenvalue weighted by Crippen LogP contribution is -2.23. The van der Waals surface area contributed by atoms with Crippen LogP contribution in [0.5, 0.6) is 5.88 Å². The molecule has 3 heterocycles. The number of aryl methyl sites for hydroxylation is 2. The molecule has 3 aromatic heterocycles. The topological polar surface area (TPSA) is 102 Å². The van der Waals surface area contributed by atoms with E-state index in [2.05, 4.69) is 15.2 Å². The highest BCUT2D eigenvalue weighted by Crippen LogP contribution is 2.37. The fraction of sp³-hybridized carbons (Fsp3) is 0.125. The number of aromatic hydroxyl groups is 1. The van der Waals surface area contributed by atoms with E-state index in [9.17, 15) is 14.7 Å². The lowest BCUT2D eigenvalue weighted by Gasteiger charge is -2.04. The summed E-state index contributed by atoms with van der Waals surface area (Å²) in [5.41, 5.74) is 3.50. The number of para-hydroxylation sites is 1. The van der Waals surface area contributed by atoms with Gasteiger partial charge in [-0.3, -0.25) is 14.2 Å². The Morgan fingerprint density at radius 3 is 2.70 bits per heavy atom. The lowest BCUT2D eigenvalue weighted by atomic mass is 10.1. The van der Waals surface area contributed by atoms with Crippen molar-refractivity contribution in [1.82, 2.24) is 14.1 Å². The number of thiophene rings is 1. The second-order valence-electron chi connectivity index (χ2n) is 7.72. The lowest BCUT2D eigenvalue weighted by molar-refractivity contribution is -0.118. The zero-order valence-electron chi connectivity index (χ0n) is 17.9. The largest absolute Gasteiger partial charge is 0.493 e. The first-order valence-corrected chi connectivity index (χ1v) is 11.1. The zero-order valence-corrected chi connectivity index (χ0v) is 18.7. The van der Waals surface area contributed by atoms with Crippen LogP contribution in [-0.2, 0) is 18.4 Å². The molecule has 5 aromatic rings. The third-order valence-electron chi connectivity index (χ3n) is 5.54. The molecule has 0 aliphatic carbocycles. The number of benzene rings is 2. The van der Waals surface area contributed by atoms with Gasteiger partial charge in [0.05, 0.1) is 17.2 Å². The van der Waals surface area contributed by atoms with E-state index >= 15 is 0 Å². The molecule has 0 saturated heterocycles. The average Bonchev–Trinajstić information content (AvgIpc) is 3.35. The van der Waals surface area contributed by atoms with Crippen LogP contribution in [0.2, 0.25) is 0 Å². The number of carbonyl (C=O) groups is 1. The fourth-order valence-electron chi connectivity index (χ4n) is 3.77. The normalized spacial score (nSPS) is 11.7. The van der Waals surface area contributed by atoms with E-state index in [1.54, 1.807) is 17.7 Å². The van der Waals surface area contributed by atoms with Gasteiger partial charge in [-0.15, -0.1) is 21.6 Å². The average molecular weight is 458 g/mol. The highest BCUT2D eigenvalue weighted by molar-refractivity contribution is 7.17. The molecule has 164 valence electrons. The molecule has 0 bridgehead atoms. The van der Waals surface area contributed by atoms with E-state index in [0.29, 0.717) is 15.6 Å². The summed E-state index contributed by atoms with van der Waals surface area (Å²) in [6, 6.07) is 15.2. The summed E-state index contributed by atoms with van der Waals surface area (Å²) in [5, 5.41) is 21.1. The van der Waals surface area contributed by atoms with Crippen molar-refractivity contribution in [2.75, 3.05) is 0 Å². The Morgan fingerprint density at radius 2 is 1.91 bits per heavy atom. The number of hydrogen-bond acceptors (Lipinski definition) is 6. The van der Waals surface area contributed by atoms with Crippen molar-refractivity contribution in [2.45, 2.75) is 13.5 Å². The second kappa shape index (κ2) is 8.10. The van der Waals surface area contributed by atoms with Crippen LogP contribution in [0.4, 0.5) is 5.69 Å². The Balaban J connectivity index is 1.46. The first-order valence-electron chi connectivity index (χ1n) is 10.2. The molecule has 8 nitrogen and oxygen atoms in total. The molecule has 0 unspecified atom stereocenters. The van der Waals surface area contributed by atoms with Gasteiger partial charge in [-0.05, 0) is 18.6 Å². The number of fused-ring (bicyclic) bond motifs is 2. The maximum Gasteiger partial charge on any atom is 0.284 e. The van der Waals surface area contributed by atoms with Crippen molar-refractivity contribution in [3.05, 3.63) is 76.2 Å². The SMILES string of the molecule is Cc1ccc(-c2csc3ncn(CC(=O)N=Nc4c(O)n(C)c5ccccc45)c(=O)c23)cc1. The number of hydrogen-bond donors (Lipinski definition) is 1. The molecule has 0 atom stereocenters. The Labute approximate surface area is 192 Å². The van der Waals surface area contributed by atoms with E-state index < -0.39 is 5.91 Å². The van der Waals surface area contributed by atoms with Gasteiger partial charge >= 0.3 is 0 Å². The summed E-state index contributed by atoms with van der Waals surface area (Å²) in [5.74, 6) is -0.716. The first-order chi connectivity index (χ1) is 15.9. The highest BCUT2D eigenvalue weighted by Gasteiger charge is 2.16. The summed E-state index contributed by atoms with van der Waals surface area (Å²) < 4.78 is 2.80. The molecule has 0 fully saturated rings. The number of carbonyl (C=O) groups excluding carboxylic acids is 1. The van der Waals surface area contributed by atoms with E-state index in [4.69, 9.17) is 0 Å². The monoisotopic (exact) mass is 457 g/mol. The van der Waals surface area contributed by atoms with E-state index in [1.165, 1.54) is 22.2 Å². The van der Waals surface area contributed by atoms with Crippen LogP contribution in [0.15, 0.2) is 75.3 Å². The van der Waals surface area contributed by atoms with Crippen molar-refractivity contribution in [3.63, 3.8) is 0 Å². The Kier molecular flexibility index (Phi) is 5.10. The Morgan fingerprint density at radius 1 is 1.15 bits per heavy atom. The third kappa shape index (κ3) is 3.62. The Hall–Kier alpha value is -4.11. The minimum Gasteiger partial charge on any atom is -0.493 e. The number of azo groups is 1. The minimum atomic E-state index is -0.627. The van der Waals surface area contributed by atoms with Crippen LogP contribution < -0.4 is 5.56 Å². The molecular formula is C24H19N5O3S. The second-order valence-corrected chi connectivity index (χ2v) is 8.57. The van der Waals surface area contributed by atoms with Crippen molar-refractivity contribution in [2.24, 2.45) is 17.3 Å². The number of amides is 1. The number of nitrogens with zero attached hydrogens (tertiary/aromatic N) is 5. The van der Waals surface area contributed by atoms with Gasteiger partial charge in [0, 0.05) is 23.4 Å². The first kappa shape index (κ1) is 20.8. The van der Waals surface area contributed by atoms with Gasteiger partial charge in [0.15, 0.2) is 5.69 Å². The quantitative estimate of drug-likeness (QED) is 0.386. The van der Waals surface area contributed by atoms with Gasteiger partial charge in [0.2, 0.25) is 5.88 Å². The van der Waals surface area contributed by atoms with Gasteiger partial charge < -0.3 is 9.67 Å². The van der Waals surface area contributed by atoms with E-state index in [0.717, 1.165) is 22.2 Å². The Bertz CT molecular complexity index is 1610. The predicted molar refractivity (Wildman–Crippen MR) is 128 cm³/mol. The summed E-state index contributed by atoms with van der Waals surface area (Å²) in [6.45, 7) is 1.70. The summed E-state index contributed by atoms with van der Waals surface area (Å²) in [4.78, 5) is 30.6. The molecule has 2 aromatic carbocycles. The van der Waals surface area contributed by atoms with Crippen LogP contribution in [0.3, 0.4) is 0 Å². The van der Waals surface area contributed by atoms with Crippen LogP contribution in [0.25, 0.3) is 32.2 Å². The van der Waals surface area contributed by atoms with Gasteiger partial charge in [-0.25, -0.2) is 4.98 Å². The molecule has 0 aliphatic rings. The fourth-order valence-corrected chi connectivity index (χ4v) is 4.67. The molecule has 0 aliphatic heterocycles. The molecule has 1 N–H and O–H groups in total. The van der Waals surface area contributed by atoms with Crippen LogP contribution in [0, 0.1) is 6.92 Å². The molecule has 0 radical (unpaired) electrons. The van der Waals surface area contributed by atoms with E-state index in [1.807, 2.05) is 54.8 Å². The molecule has 1 amide bonds. The van der Waals surface area contributed by atoms with Gasteiger partial charge in [0.1, 0.15) is 11.4 Å². The maximum atomic E-state index is 13.2. The van der Waals surface area contributed by atoms with Crippen LogP contribution in [-0.4, -0.2) is 25.1 Å². The molecule has 0 spiro atoms. The van der Waals surface area contributed by atoms with Crippen molar-refractivity contribution < 1.29 is 9.90 Å². The number of rotatable bonds is 4. The standard InChI is InChI=1S/C24H19N5O3S/c1-14-7-9-15(10-8-14)17-12-33-22-20(17)23(31)29(13-25-22)11-19(30)26-27-21-16-5-3-4-6-18(16)28(2)24(21)32/h3-10,12-13,32H,11H2,1-2H3. The van der Waals surface area contributed by atoms with Crippen molar-refractivity contribution in [3.8, 4) is 17.0 Å². The zero-order chi connectivity index (χ0) is 23.1. The predicted octanol–water partition coefficient (Wildman–Crippen LogP) is 4.94. The third-order valence-corrected chi connectivity index (χ3v) is 6.43. The van der Waals surface area contributed by atoms with Crippen LogP contribution >= 0.6 is 11.3 Å².